The van der Waals surface area contributed by atoms with Crippen LogP contribution in [0.15, 0.2) is 0 Å². The summed E-state index contributed by atoms with van der Waals surface area (Å²) < 4.78 is 0. The molecule has 0 aromatic heterocycles. The summed E-state index contributed by atoms with van der Waals surface area (Å²) in [4.78, 5) is 44.9. The lowest BCUT2D eigenvalue weighted by atomic mass is 10.0. The number of hydrogen-bond donors (Lipinski definition) is 0. The molecule has 0 aliphatic heterocycles. The van der Waals surface area contributed by atoms with Crippen molar-refractivity contribution in [3.05, 3.63) is 0 Å². The average Bonchev–Trinajstić information content (AvgIpc) is 2.30. The van der Waals surface area contributed by atoms with Crippen molar-refractivity contribution in [3.63, 3.8) is 0 Å². The van der Waals surface area contributed by atoms with Gasteiger partial charge in [-0.1, -0.05) is 0 Å². The Hall–Kier alpha value is -0.620. The lowest BCUT2D eigenvalue weighted by molar-refractivity contribution is -0.131. The van der Waals surface area contributed by atoms with Crippen LogP contribution in [-0.2, 0) is 19.2 Å². The van der Waals surface area contributed by atoms with Crippen molar-refractivity contribution >= 4 is 46.7 Å². The normalized spacial score (nSPS) is 10.9. The van der Waals surface area contributed by atoms with Gasteiger partial charge in [-0.3, -0.25) is 19.2 Å². The van der Waals surface area contributed by atoms with Crippen molar-refractivity contribution in [2.75, 3.05) is 23.0 Å². The van der Waals surface area contributed by atoms with Gasteiger partial charge in [0.1, 0.15) is 23.1 Å². The highest BCUT2D eigenvalue weighted by molar-refractivity contribution is 8.02. The third-order valence-corrected chi connectivity index (χ3v) is 5.29. The molecule has 0 atom stereocenters. The third kappa shape index (κ3) is 7.85. The van der Waals surface area contributed by atoms with E-state index in [0.717, 1.165) is 11.5 Å². The number of thioether (sulfide) groups is 2. The van der Waals surface area contributed by atoms with Crippen LogP contribution in [0.2, 0.25) is 0 Å². The van der Waals surface area contributed by atoms with Gasteiger partial charge >= 0.3 is 0 Å². The second-order valence-corrected chi connectivity index (χ2v) is 7.00. The molecule has 0 heterocycles. The van der Waals surface area contributed by atoms with Crippen LogP contribution in [0.4, 0.5) is 0 Å². The molecule has 0 unspecified atom stereocenters. The standard InChI is InChI=1S/C14H22O4S2/c1-9(15)13(10(2)16)7-19-5-6-20-8-14(11(3)17)12(4)18/h13-14H,5-8H2,1-4H3. The van der Waals surface area contributed by atoms with E-state index in [1.54, 1.807) is 23.5 Å². The zero-order valence-electron chi connectivity index (χ0n) is 12.4. The summed E-state index contributed by atoms with van der Waals surface area (Å²) in [6.45, 7) is 5.74. The predicted octanol–water partition coefficient (Wildman–Crippen LogP) is 2.04. The Morgan fingerprint density at radius 3 is 1.10 bits per heavy atom. The highest BCUT2D eigenvalue weighted by atomic mass is 32.2. The van der Waals surface area contributed by atoms with Gasteiger partial charge in [0.2, 0.25) is 0 Å². The first-order valence-electron chi connectivity index (χ1n) is 6.44. The molecule has 0 radical (unpaired) electrons. The van der Waals surface area contributed by atoms with Crippen LogP contribution in [0.3, 0.4) is 0 Å². The van der Waals surface area contributed by atoms with Crippen LogP contribution in [0.1, 0.15) is 27.7 Å². The molecule has 6 heteroatoms. The number of hydrogen-bond acceptors (Lipinski definition) is 6. The molecule has 0 aromatic carbocycles. The van der Waals surface area contributed by atoms with Crippen molar-refractivity contribution in [2.45, 2.75) is 27.7 Å². The van der Waals surface area contributed by atoms with Crippen LogP contribution in [0.25, 0.3) is 0 Å². The topological polar surface area (TPSA) is 68.3 Å². The van der Waals surface area contributed by atoms with Gasteiger partial charge < -0.3 is 0 Å². The van der Waals surface area contributed by atoms with Gasteiger partial charge in [-0.25, -0.2) is 0 Å². The summed E-state index contributed by atoms with van der Waals surface area (Å²) in [6.07, 6.45) is 0. The quantitative estimate of drug-likeness (QED) is 0.429. The first-order valence-corrected chi connectivity index (χ1v) is 8.75. The molecule has 0 fully saturated rings. The van der Waals surface area contributed by atoms with Crippen LogP contribution >= 0.6 is 23.5 Å². The lowest BCUT2D eigenvalue weighted by Crippen LogP contribution is -2.22. The predicted molar refractivity (Wildman–Crippen MR) is 84.4 cm³/mol. The zero-order chi connectivity index (χ0) is 15.7. The molecule has 20 heavy (non-hydrogen) atoms. The van der Waals surface area contributed by atoms with E-state index in [1.807, 2.05) is 0 Å². The molecule has 0 N–H and O–H groups in total. The smallest absolute Gasteiger partial charge is 0.141 e. The van der Waals surface area contributed by atoms with E-state index < -0.39 is 11.8 Å². The molecule has 0 aliphatic carbocycles. The van der Waals surface area contributed by atoms with Gasteiger partial charge in [-0.15, -0.1) is 0 Å². The van der Waals surface area contributed by atoms with Crippen molar-refractivity contribution < 1.29 is 19.2 Å². The fraction of sp³-hybridized carbons (Fsp3) is 0.714. The Labute approximate surface area is 128 Å². The van der Waals surface area contributed by atoms with Crippen LogP contribution < -0.4 is 0 Å². The Bertz CT molecular complexity index is 315. The monoisotopic (exact) mass is 318 g/mol. The van der Waals surface area contributed by atoms with E-state index in [-0.39, 0.29) is 23.1 Å². The largest absolute Gasteiger partial charge is 0.299 e. The first-order chi connectivity index (χ1) is 9.27. The van der Waals surface area contributed by atoms with Crippen LogP contribution in [0.5, 0.6) is 0 Å². The molecular formula is C14H22O4S2. The van der Waals surface area contributed by atoms with E-state index in [4.69, 9.17) is 0 Å². The Kier molecular flexibility index (Phi) is 9.84. The maximum absolute atomic E-state index is 11.2. The van der Waals surface area contributed by atoms with E-state index in [0.29, 0.717) is 11.5 Å². The molecule has 0 saturated carbocycles. The molecule has 0 aliphatic rings. The average molecular weight is 318 g/mol. The lowest BCUT2D eigenvalue weighted by Gasteiger charge is -2.11. The molecular weight excluding hydrogens is 296 g/mol. The van der Waals surface area contributed by atoms with Crippen LogP contribution in [-0.4, -0.2) is 46.1 Å². The SMILES string of the molecule is CC(=O)C(CSCCSCC(C(C)=O)C(C)=O)C(C)=O. The number of carbonyl (C=O) groups is 4. The Morgan fingerprint density at radius 2 is 0.900 bits per heavy atom. The van der Waals surface area contributed by atoms with E-state index in [1.165, 1.54) is 27.7 Å². The minimum absolute atomic E-state index is 0.0918. The molecule has 0 aromatic rings. The van der Waals surface area contributed by atoms with Gasteiger partial charge in [0.25, 0.3) is 0 Å². The summed E-state index contributed by atoms with van der Waals surface area (Å²) in [5.41, 5.74) is 0. The van der Waals surface area contributed by atoms with Gasteiger partial charge in [-0.05, 0) is 27.7 Å². The minimum Gasteiger partial charge on any atom is -0.299 e. The van der Waals surface area contributed by atoms with Gasteiger partial charge in [0, 0.05) is 23.0 Å². The van der Waals surface area contributed by atoms with Gasteiger partial charge in [-0.2, -0.15) is 23.5 Å². The summed E-state index contributed by atoms with van der Waals surface area (Å²) in [5.74, 6) is 1.23. The third-order valence-electron chi connectivity index (χ3n) is 2.90. The maximum Gasteiger partial charge on any atom is 0.141 e. The minimum atomic E-state index is -0.507. The van der Waals surface area contributed by atoms with Crippen molar-refractivity contribution in [1.82, 2.24) is 0 Å². The molecule has 0 bridgehead atoms. The highest BCUT2D eigenvalue weighted by Crippen LogP contribution is 2.16. The van der Waals surface area contributed by atoms with Crippen molar-refractivity contribution in [1.29, 1.82) is 0 Å². The number of rotatable bonds is 11. The van der Waals surface area contributed by atoms with Gasteiger partial charge in [0.15, 0.2) is 0 Å². The number of ketones is 4. The summed E-state index contributed by atoms with van der Waals surface area (Å²) in [5, 5.41) is 0. The number of Topliss-reactive ketones (excluding diaryl/α,β-unsaturated/α-hetero) is 4. The second-order valence-electron chi connectivity index (χ2n) is 4.70. The zero-order valence-corrected chi connectivity index (χ0v) is 14.1. The highest BCUT2D eigenvalue weighted by Gasteiger charge is 2.20. The van der Waals surface area contributed by atoms with Crippen molar-refractivity contribution in [2.24, 2.45) is 11.8 Å². The fourth-order valence-electron chi connectivity index (χ4n) is 1.56. The number of carbonyl (C=O) groups excluding carboxylic acids is 4. The van der Waals surface area contributed by atoms with E-state index in [2.05, 4.69) is 0 Å². The van der Waals surface area contributed by atoms with Gasteiger partial charge in [0.05, 0.1) is 11.8 Å². The fourth-order valence-corrected chi connectivity index (χ4v) is 4.25. The summed E-state index contributed by atoms with van der Waals surface area (Å²) in [6, 6.07) is 0. The maximum atomic E-state index is 11.2. The Balaban J connectivity index is 3.87. The molecule has 0 spiro atoms. The van der Waals surface area contributed by atoms with E-state index in [9.17, 15) is 19.2 Å². The van der Waals surface area contributed by atoms with E-state index >= 15 is 0 Å². The molecule has 0 amide bonds. The molecule has 0 rings (SSSR count). The summed E-state index contributed by atoms with van der Waals surface area (Å²) >= 11 is 3.11. The van der Waals surface area contributed by atoms with Crippen LogP contribution in [0, 0.1) is 11.8 Å². The van der Waals surface area contributed by atoms with Crippen molar-refractivity contribution in [3.8, 4) is 0 Å². The second kappa shape index (κ2) is 10.2. The Morgan fingerprint density at radius 1 is 0.650 bits per heavy atom. The molecule has 4 nitrogen and oxygen atoms in total. The first kappa shape index (κ1) is 19.4. The molecule has 0 saturated heterocycles. The molecule has 114 valence electrons. The summed E-state index contributed by atoms with van der Waals surface area (Å²) in [7, 11) is 0.